The van der Waals surface area contributed by atoms with Crippen LogP contribution >= 0.6 is 0 Å². The van der Waals surface area contributed by atoms with Gasteiger partial charge in [-0.2, -0.15) is 0 Å². The first-order valence-corrected chi connectivity index (χ1v) is 24.0. The largest absolute Gasteiger partial charge is 0.455 e. The first-order chi connectivity index (χ1) is 34.7. The topological polar surface area (TPSA) is 16.4 Å². The van der Waals surface area contributed by atoms with Gasteiger partial charge >= 0.3 is 0 Å². The Hall–Kier alpha value is -9.24. The van der Waals surface area contributed by atoms with E-state index < -0.39 is 0 Å². The summed E-state index contributed by atoms with van der Waals surface area (Å²) < 4.78 is 6.58. The van der Waals surface area contributed by atoms with E-state index in [2.05, 4.69) is 272 Å². The molecule has 0 radical (unpaired) electrons. The third-order valence-electron chi connectivity index (χ3n) is 13.9. The Balaban J connectivity index is 0.982. The molecule has 1 heterocycles. The SMILES string of the molecule is c1ccc(-c2ccc(N(c3ccc(-c4ccc5c(c4)c(-c4ccccc4)c(-c4ccccc4)c4ccccc45)cc3)c3cccc(-c4cccc5c4oc4ccccc45)c3)cc2-c2ccccc2)cc1. The van der Waals surface area contributed by atoms with E-state index in [4.69, 9.17) is 4.42 Å². The molecule has 0 aliphatic heterocycles. The first-order valence-electron chi connectivity index (χ1n) is 24.0. The van der Waals surface area contributed by atoms with Crippen molar-refractivity contribution in [2.24, 2.45) is 0 Å². The summed E-state index contributed by atoms with van der Waals surface area (Å²) in [4.78, 5) is 2.39. The zero-order valence-electron chi connectivity index (χ0n) is 38.3. The maximum absolute atomic E-state index is 6.58. The van der Waals surface area contributed by atoms with Crippen LogP contribution in [0.15, 0.2) is 277 Å². The van der Waals surface area contributed by atoms with Gasteiger partial charge in [0, 0.05) is 33.4 Å². The molecule has 70 heavy (non-hydrogen) atoms. The van der Waals surface area contributed by atoms with Gasteiger partial charge in [0.1, 0.15) is 11.2 Å². The zero-order chi connectivity index (χ0) is 46.4. The number of nitrogens with zero attached hydrogens (tertiary/aromatic N) is 1. The van der Waals surface area contributed by atoms with Crippen LogP contribution in [-0.2, 0) is 0 Å². The molecule has 13 rings (SSSR count). The Bertz CT molecular complexity index is 4030. The number of benzene rings is 12. The number of hydrogen-bond acceptors (Lipinski definition) is 2. The van der Waals surface area contributed by atoms with Gasteiger partial charge in [-0.25, -0.2) is 0 Å². The van der Waals surface area contributed by atoms with Crippen LogP contribution in [0.25, 0.3) is 110 Å². The maximum Gasteiger partial charge on any atom is 0.143 e. The Morgan fingerprint density at radius 2 is 0.729 bits per heavy atom. The van der Waals surface area contributed by atoms with Crippen molar-refractivity contribution in [1.82, 2.24) is 0 Å². The quantitative estimate of drug-likeness (QED) is 0.134. The Labute approximate surface area is 407 Å². The van der Waals surface area contributed by atoms with Crippen LogP contribution in [0.3, 0.4) is 0 Å². The summed E-state index contributed by atoms with van der Waals surface area (Å²) in [6.45, 7) is 0. The summed E-state index contributed by atoms with van der Waals surface area (Å²) in [5.74, 6) is 0. The Kier molecular flexibility index (Phi) is 10.2. The van der Waals surface area contributed by atoms with Crippen molar-refractivity contribution in [3.05, 3.63) is 273 Å². The summed E-state index contributed by atoms with van der Waals surface area (Å²) in [7, 11) is 0. The highest BCUT2D eigenvalue weighted by molar-refractivity contribution is 6.22. The molecule has 0 N–H and O–H groups in total. The summed E-state index contributed by atoms with van der Waals surface area (Å²) in [5, 5.41) is 7.21. The van der Waals surface area contributed by atoms with Crippen molar-refractivity contribution in [2.45, 2.75) is 0 Å². The number of fused-ring (bicyclic) bond motifs is 6. The van der Waals surface area contributed by atoms with Crippen LogP contribution in [0.5, 0.6) is 0 Å². The summed E-state index contributed by atoms with van der Waals surface area (Å²) in [6.07, 6.45) is 0. The molecule has 2 nitrogen and oxygen atoms in total. The van der Waals surface area contributed by atoms with Crippen molar-refractivity contribution in [1.29, 1.82) is 0 Å². The fourth-order valence-corrected chi connectivity index (χ4v) is 10.6. The second-order valence-corrected chi connectivity index (χ2v) is 18.0. The third-order valence-corrected chi connectivity index (χ3v) is 13.9. The summed E-state index contributed by atoms with van der Waals surface area (Å²) in [5.41, 5.74) is 19.0. The predicted octanol–water partition coefficient (Wildman–Crippen LogP) is 19.4. The van der Waals surface area contributed by atoms with Crippen molar-refractivity contribution in [3.8, 4) is 66.8 Å². The molecule has 0 aliphatic rings. The van der Waals surface area contributed by atoms with Gasteiger partial charge in [0.2, 0.25) is 0 Å². The predicted molar refractivity (Wildman–Crippen MR) is 296 cm³/mol. The van der Waals surface area contributed by atoms with Gasteiger partial charge in [0.25, 0.3) is 0 Å². The standard InChI is InChI=1S/C68H45NO/c1-5-19-47(20-6-1)56-42-40-55(45-63(56)48-21-7-2-8-22-48)69(54-28-17-27-52(43-54)57-32-18-33-62-60-30-15-16-34-65(60)70-68(57)62)53-38-35-46(36-39-53)51-37-41-59-58-29-13-14-31-61(58)66(49-23-9-3-10-24-49)67(64(59)44-51)50-25-11-4-12-26-50/h1-45H. The van der Waals surface area contributed by atoms with E-state index in [1.54, 1.807) is 0 Å². The smallest absolute Gasteiger partial charge is 0.143 e. The van der Waals surface area contributed by atoms with Crippen molar-refractivity contribution in [3.63, 3.8) is 0 Å². The number of furan rings is 1. The molecule has 0 amide bonds. The maximum atomic E-state index is 6.58. The van der Waals surface area contributed by atoms with Gasteiger partial charge in [-0.15, -0.1) is 0 Å². The highest BCUT2D eigenvalue weighted by atomic mass is 16.3. The molecule has 0 aliphatic carbocycles. The normalized spacial score (nSPS) is 11.4. The Morgan fingerprint density at radius 1 is 0.229 bits per heavy atom. The van der Waals surface area contributed by atoms with Crippen LogP contribution in [0, 0.1) is 0 Å². The third kappa shape index (κ3) is 7.22. The second kappa shape index (κ2) is 17.4. The van der Waals surface area contributed by atoms with Gasteiger partial charge in [-0.3, -0.25) is 0 Å². The molecule has 328 valence electrons. The van der Waals surface area contributed by atoms with Crippen molar-refractivity contribution in [2.75, 3.05) is 4.90 Å². The van der Waals surface area contributed by atoms with E-state index >= 15 is 0 Å². The molecular formula is C68H45NO. The minimum atomic E-state index is 0.891. The van der Waals surface area contributed by atoms with Gasteiger partial charge in [0.05, 0.1) is 0 Å². The highest BCUT2D eigenvalue weighted by Gasteiger charge is 2.21. The van der Waals surface area contributed by atoms with Crippen LogP contribution in [0.4, 0.5) is 17.1 Å². The van der Waals surface area contributed by atoms with Gasteiger partial charge in [-0.1, -0.05) is 224 Å². The average molecular weight is 892 g/mol. The van der Waals surface area contributed by atoms with Crippen LogP contribution in [0.1, 0.15) is 0 Å². The minimum absolute atomic E-state index is 0.891. The molecule has 0 saturated carbocycles. The lowest BCUT2D eigenvalue weighted by Gasteiger charge is -2.27. The molecule has 0 fully saturated rings. The monoisotopic (exact) mass is 891 g/mol. The van der Waals surface area contributed by atoms with Gasteiger partial charge < -0.3 is 9.32 Å². The lowest BCUT2D eigenvalue weighted by atomic mass is 9.84. The van der Waals surface area contributed by atoms with Crippen LogP contribution in [0.2, 0.25) is 0 Å². The van der Waals surface area contributed by atoms with Gasteiger partial charge in [0.15, 0.2) is 0 Å². The zero-order valence-corrected chi connectivity index (χ0v) is 38.3. The minimum Gasteiger partial charge on any atom is -0.455 e. The molecule has 2 heteroatoms. The lowest BCUT2D eigenvalue weighted by molar-refractivity contribution is 0.670. The number of rotatable bonds is 9. The second-order valence-electron chi connectivity index (χ2n) is 18.0. The average Bonchev–Trinajstić information content (AvgIpc) is 3.83. The van der Waals surface area contributed by atoms with Crippen LogP contribution in [-0.4, -0.2) is 0 Å². The van der Waals surface area contributed by atoms with E-state index in [9.17, 15) is 0 Å². The number of hydrogen-bond donors (Lipinski definition) is 0. The number of para-hydroxylation sites is 2. The molecule has 0 bridgehead atoms. The summed E-state index contributed by atoms with van der Waals surface area (Å²) in [6, 6.07) is 98.6. The first kappa shape index (κ1) is 41.0. The lowest BCUT2D eigenvalue weighted by Crippen LogP contribution is -2.10. The molecule has 0 atom stereocenters. The molecule has 1 aromatic heterocycles. The Morgan fingerprint density at radius 3 is 1.43 bits per heavy atom. The van der Waals surface area contributed by atoms with E-state index in [1.807, 2.05) is 6.07 Å². The molecule has 12 aromatic carbocycles. The number of anilines is 3. The molecular weight excluding hydrogens is 847 g/mol. The molecule has 0 unspecified atom stereocenters. The van der Waals surface area contributed by atoms with Crippen molar-refractivity contribution < 1.29 is 4.42 Å². The fraction of sp³-hybridized carbons (Fsp3) is 0. The van der Waals surface area contributed by atoms with E-state index in [1.165, 1.54) is 60.5 Å². The fourth-order valence-electron chi connectivity index (χ4n) is 10.6. The van der Waals surface area contributed by atoms with Crippen LogP contribution < -0.4 is 4.90 Å². The van der Waals surface area contributed by atoms with Gasteiger partial charge in [-0.05, 0) is 131 Å². The molecule has 13 aromatic rings. The van der Waals surface area contributed by atoms with E-state index in [0.717, 1.165) is 66.8 Å². The summed E-state index contributed by atoms with van der Waals surface area (Å²) >= 11 is 0. The van der Waals surface area contributed by atoms with Crippen molar-refractivity contribution >= 4 is 60.5 Å². The van der Waals surface area contributed by atoms with E-state index in [-0.39, 0.29) is 0 Å². The highest BCUT2D eigenvalue weighted by Crippen LogP contribution is 2.47. The molecule has 0 saturated heterocycles. The van der Waals surface area contributed by atoms with E-state index in [0.29, 0.717) is 0 Å². The molecule has 0 spiro atoms.